The number of nitrogens with one attached hydrogen (secondary N) is 3. The highest BCUT2D eigenvalue weighted by Gasteiger charge is 2.14. The van der Waals surface area contributed by atoms with E-state index < -0.39 is 15.9 Å². The van der Waals surface area contributed by atoms with Gasteiger partial charge in [0.2, 0.25) is 5.91 Å². The van der Waals surface area contributed by atoms with E-state index in [1.54, 1.807) is 36.4 Å². The number of hydrazone groups is 1. The molecule has 0 saturated carbocycles. The van der Waals surface area contributed by atoms with Crippen molar-refractivity contribution in [2.75, 3.05) is 10.0 Å². The molecule has 0 fully saturated rings. The first kappa shape index (κ1) is 23.2. The topological polar surface area (TPSA) is 117 Å². The van der Waals surface area contributed by atoms with Crippen LogP contribution in [0.2, 0.25) is 0 Å². The fourth-order valence-corrected chi connectivity index (χ4v) is 3.93. The molecule has 0 heterocycles. The molecule has 3 rings (SSSR count). The largest absolute Gasteiger partial charge is 0.326 e. The lowest BCUT2D eigenvalue weighted by Gasteiger charge is -2.09. The first-order chi connectivity index (χ1) is 15.2. The Bertz CT molecular complexity index is 1240. The minimum atomic E-state index is -3.74. The number of hydrogen-bond donors (Lipinski definition) is 3. The predicted molar refractivity (Wildman–Crippen MR) is 127 cm³/mol. The third kappa shape index (κ3) is 6.50. The zero-order valence-corrected chi connectivity index (χ0v) is 19.3. The lowest BCUT2D eigenvalue weighted by molar-refractivity contribution is -0.114. The van der Waals surface area contributed by atoms with Crippen molar-refractivity contribution in [1.82, 2.24) is 5.43 Å². The quantitative estimate of drug-likeness (QED) is 0.326. The van der Waals surface area contributed by atoms with Crippen molar-refractivity contribution in [3.05, 3.63) is 88.4 Å². The van der Waals surface area contributed by atoms with Gasteiger partial charge in [-0.1, -0.05) is 28.1 Å². The molecule has 2 amide bonds. The molecule has 3 aromatic rings. The molecule has 0 radical (unpaired) electrons. The van der Waals surface area contributed by atoms with Gasteiger partial charge in [0.15, 0.2) is 0 Å². The summed E-state index contributed by atoms with van der Waals surface area (Å²) >= 11 is 3.27. The second-order valence-corrected chi connectivity index (χ2v) is 9.24. The van der Waals surface area contributed by atoms with E-state index in [1.165, 1.54) is 49.5 Å². The standard InChI is InChI=1S/C22H19BrN4O4S/c1-15(28)25-19-8-2-16(3-9-19)14-24-26-22(29)17-4-10-20(11-5-17)27-32(30,31)21-12-6-18(23)7-13-21/h2-14,27H,1H3,(H,25,28)(H,26,29)/b24-14+. The zero-order chi connectivity index (χ0) is 23.1. The summed E-state index contributed by atoms with van der Waals surface area (Å²) in [5, 5.41) is 6.57. The van der Waals surface area contributed by atoms with Gasteiger partial charge in [-0.15, -0.1) is 0 Å². The molecule has 0 atom stereocenters. The fourth-order valence-electron chi connectivity index (χ4n) is 2.60. The molecular weight excluding hydrogens is 496 g/mol. The number of carbonyl (C=O) groups is 2. The second kappa shape index (κ2) is 10.2. The third-order valence-corrected chi connectivity index (χ3v) is 6.06. The number of sulfonamides is 1. The summed E-state index contributed by atoms with van der Waals surface area (Å²) < 4.78 is 28.1. The van der Waals surface area contributed by atoms with Gasteiger partial charge < -0.3 is 5.32 Å². The number of carbonyl (C=O) groups excluding carboxylic acids is 2. The molecule has 0 unspecified atom stereocenters. The first-order valence-electron chi connectivity index (χ1n) is 9.32. The number of anilines is 2. The van der Waals surface area contributed by atoms with Crippen molar-refractivity contribution in [3.63, 3.8) is 0 Å². The average molecular weight is 515 g/mol. The highest BCUT2D eigenvalue weighted by molar-refractivity contribution is 9.10. The van der Waals surface area contributed by atoms with E-state index in [0.29, 0.717) is 16.9 Å². The second-order valence-electron chi connectivity index (χ2n) is 6.64. The number of nitrogens with zero attached hydrogens (tertiary/aromatic N) is 1. The Morgan fingerprint density at radius 3 is 2.06 bits per heavy atom. The summed E-state index contributed by atoms with van der Waals surface area (Å²) in [6, 6.07) is 19.2. The minimum Gasteiger partial charge on any atom is -0.326 e. The van der Waals surface area contributed by atoms with Crippen molar-refractivity contribution in [1.29, 1.82) is 0 Å². The van der Waals surface area contributed by atoms with Gasteiger partial charge in [0.05, 0.1) is 11.1 Å². The predicted octanol–water partition coefficient (Wildman–Crippen LogP) is 3.97. The van der Waals surface area contributed by atoms with Crippen LogP contribution in [0.25, 0.3) is 0 Å². The number of halogens is 1. The van der Waals surface area contributed by atoms with Crippen molar-refractivity contribution >= 4 is 55.4 Å². The average Bonchev–Trinajstić information content (AvgIpc) is 2.75. The van der Waals surface area contributed by atoms with Gasteiger partial charge in [-0.2, -0.15) is 5.10 Å². The van der Waals surface area contributed by atoms with Gasteiger partial charge in [0.25, 0.3) is 15.9 Å². The van der Waals surface area contributed by atoms with Crippen LogP contribution in [0.5, 0.6) is 0 Å². The van der Waals surface area contributed by atoms with E-state index in [4.69, 9.17) is 0 Å². The summed E-state index contributed by atoms with van der Waals surface area (Å²) in [5.41, 5.74) is 4.45. The summed E-state index contributed by atoms with van der Waals surface area (Å²) in [4.78, 5) is 23.4. The number of rotatable bonds is 7. The van der Waals surface area contributed by atoms with E-state index in [9.17, 15) is 18.0 Å². The molecule has 0 bridgehead atoms. The maximum atomic E-state index is 12.4. The van der Waals surface area contributed by atoms with E-state index >= 15 is 0 Å². The van der Waals surface area contributed by atoms with Gasteiger partial charge in [0, 0.05) is 28.3 Å². The molecular formula is C22H19BrN4O4S. The van der Waals surface area contributed by atoms with Crippen LogP contribution in [0, 0.1) is 0 Å². The van der Waals surface area contributed by atoms with Crippen LogP contribution in [0.3, 0.4) is 0 Å². The zero-order valence-electron chi connectivity index (χ0n) is 16.9. The third-order valence-electron chi connectivity index (χ3n) is 4.13. The fraction of sp³-hybridized carbons (Fsp3) is 0.0455. The van der Waals surface area contributed by atoms with Gasteiger partial charge in [0.1, 0.15) is 0 Å². The normalized spacial score (nSPS) is 11.2. The molecule has 3 aromatic carbocycles. The molecule has 0 aliphatic rings. The Kier molecular flexibility index (Phi) is 7.39. The van der Waals surface area contributed by atoms with Crippen LogP contribution in [0.15, 0.2) is 87.3 Å². The van der Waals surface area contributed by atoms with Crippen LogP contribution in [0.4, 0.5) is 11.4 Å². The minimum absolute atomic E-state index is 0.127. The molecule has 3 N–H and O–H groups in total. The van der Waals surface area contributed by atoms with Gasteiger partial charge >= 0.3 is 0 Å². The van der Waals surface area contributed by atoms with Crippen LogP contribution in [-0.4, -0.2) is 26.4 Å². The molecule has 32 heavy (non-hydrogen) atoms. The maximum absolute atomic E-state index is 12.4. The lowest BCUT2D eigenvalue weighted by atomic mass is 10.2. The van der Waals surface area contributed by atoms with E-state index in [1.807, 2.05) is 0 Å². The van der Waals surface area contributed by atoms with Crippen molar-refractivity contribution in [3.8, 4) is 0 Å². The van der Waals surface area contributed by atoms with E-state index in [-0.39, 0.29) is 10.8 Å². The first-order valence-corrected chi connectivity index (χ1v) is 11.6. The van der Waals surface area contributed by atoms with Crippen molar-refractivity contribution in [2.45, 2.75) is 11.8 Å². The van der Waals surface area contributed by atoms with Crippen LogP contribution in [0.1, 0.15) is 22.8 Å². The molecule has 10 heteroatoms. The highest BCUT2D eigenvalue weighted by atomic mass is 79.9. The Balaban J connectivity index is 1.58. The van der Waals surface area contributed by atoms with Crippen molar-refractivity contribution in [2.24, 2.45) is 5.10 Å². The Morgan fingerprint density at radius 1 is 0.875 bits per heavy atom. The van der Waals surface area contributed by atoms with Gasteiger partial charge in [-0.05, 0) is 66.2 Å². The molecule has 0 aliphatic heterocycles. The monoisotopic (exact) mass is 514 g/mol. The maximum Gasteiger partial charge on any atom is 0.271 e. The van der Waals surface area contributed by atoms with Crippen LogP contribution >= 0.6 is 15.9 Å². The summed E-state index contributed by atoms with van der Waals surface area (Å²) in [5.74, 6) is -0.607. The SMILES string of the molecule is CC(=O)Nc1ccc(/C=N/NC(=O)c2ccc(NS(=O)(=O)c3ccc(Br)cc3)cc2)cc1. The molecule has 164 valence electrons. The molecule has 0 aliphatic carbocycles. The number of hydrogen-bond acceptors (Lipinski definition) is 5. The summed E-state index contributed by atoms with van der Waals surface area (Å²) in [6.45, 7) is 1.43. The lowest BCUT2D eigenvalue weighted by Crippen LogP contribution is -2.18. The van der Waals surface area contributed by atoms with Crippen LogP contribution in [-0.2, 0) is 14.8 Å². The molecule has 0 saturated heterocycles. The summed E-state index contributed by atoms with van der Waals surface area (Å²) in [6.07, 6.45) is 1.47. The molecule has 0 spiro atoms. The van der Waals surface area contributed by atoms with E-state index in [2.05, 4.69) is 36.5 Å². The molecule has 8 nitrogen and oxygen atoms in total. The Morgan fingerprint density at radius 2 is 1.47 bits per heavy atom. The summed E-state index contributed by atoms with van der Waals surface area (Å²) in [7, 11) is -3.74. The Labute approximate surface area is 193 Å². The smallest absolute Gasteiger partial charge is 0.271 e. The highest BCUT2D eigenvalue weighted by Crippen LogP contribution is 2.19. The number of benzene rings is 3. The Hall–Kier alpha value is -3.50. The number of amides is 2. The van der Waals surface area contributed by atoms with Crippen LogP contribution < -0.4 is 15.5 Å². The van der Waals surface area contributed by atoms with E-state index in [0.717, 1.165) is 10.0 Å². The van der Waals surface area contributed by atoms with Gasteiger partial charge in [-0.3, -0.25) is 14.3 Å². The van der Waals surface area contributed by atoms with Crippen molar-refractivity contribution < 1.29 is 18.0 Å². The molecule has 0 aromatic heterocycles. The van der Waals surface area contributed by atoms with Gasteiger partial charge in [-0.25, -0.2) is 13.8 Å².